The van der Waals surface area contributed by atoms with Crippen molar-refractivity contribution < 1.29 is 9.90 Å². The van der Waals surface area contributed by atoms with Crippen LogP contribution in [0.3, 0.4) is 0 Å². The van der Waals surface area contributed by atoms with E-state index in [0.29, 0.717) is 16.9 Å². The molecule has 0 radical (unpaired) electrons. The minimum Gasteiger partial charge on any atom is -0.507 e. The molecule has 0 aliphatic carbocycles. The Bertz CT molecular complexity index is 433. The van der Waals surface area contributed by atoms with Crippen LogP contribution in [0.25, 0.3) is 0 Å². The molecule has 17 heavy (non-hydrogen) atoms. The van der Waals surface area contributed by atoms with Gasteiger partial charge in [0.2, 0.25) is 0 Å². The zero-order chi connectivity index (χ0) is 12.4. The van der Waals surface area contributed by atoms with E-state index in [9.17, 15) is 9.90 Å². The van der Waals surface area contributed by atoms with Crippen molar-refractivity contribution in [2.45, 2.75) is 24.6 Å². The number of likely N-dealkylation sites (tertiary alicyclic amines) is 1. The van der Waals surface area contributed by atoms with E-state index in [1.54, 1.807) is 23.1 Å². The van der Waals surface area contributed by atoms with E-state index in [1.807, 2.05) is 6.92 Å². The number of aryl methyl sites for hydroxylation is 1. The molecular weight excluding hydrogens is 282 g/mol. The summed E-state index contributed by atoms with van der Waals surface area (Å²) in [6.07, 6.45) is 2.11. The number of benzene rings is 1. The highest BCUT2D eigenvalue weighted by Crippen LogP contribution is 2.23. The van der Waals surface area contributed by atoms with Crippen LogP contribution in [0.4, 0.5) is 0 Å². The molecule has 0 saturated carbocycles. The fraction of sp³-hybridized carbons (Fsp3) is 0.462. The van der Waals surface area contributed by atoms with Gasteiger partial charge in [0.1, 0.15) is 5.75 Å². The minimum absolute atomic E-state index is 0.0669. The van der Waals surface area contributed by atoms with Crippen LogP contribution in [-0.2, 0) is 0 Å². The third-order valence-electron chi connectivity index (χ3n) is 3.03. The number of alkyl halides is 1. The highest BCUT2D eigenvalue weighted by molar-refractivity contribution is 9.09. The van der Waals surface area contributed by atoms with Gasteiger partial charge in [-0.05, 0) is 31.9 Å². The number of halogens is 1. The summed E-state index contributed by atoms with van der Waals surface area (Å²) < 4.78 is 0. The molecule has 1 atom stereocenters. The molecule has 0 aromatic heterocycles. The van der Waals surface area contributed by atoms with Gasteiger partial charge in [0.25, 0.3) is 5.91 Å². The monoisotopic (exact) mass is 297 g/mol. The first-order valence-corrected chi connectivity index (χ1v) is 6.72. The van der Waals surface area contributed by atoms with Crippen molar-refractivity contribution in [2.75, 3.05) is 13.1 Å². The van der Waals surface area contributed by atoms with Crippen molar-refractivity contribution in [2.24, 2.45) is 0 Å². The van der Waals surface area contributed by atoms with E-state index < -0.39 is 0 Å². The van der Waals surface area contributed by atoms with Crippen molar-refractivity contribution >= 4 is 21.8 Å². The smallest absolute Gasteiger partial charge is 0.257 e. The van der Waals surface area contributed by atoms with Gasteiger partial charge >= 0.3 is 0 Å². The molecule has 1 aromatic carbocycles. The largest absolute Gasteiger partial charge is 0.507 e. The second-order valence-corrected chi connectivity index (χ2v) is 5.81. The average molecular weight is 298 g/mol. The first-order chi connectivity index (χ1) is 8.08. The van der Waals surface area contributed by atoms with Gasteiger partial charge in [-0.15, -0.1) is 0 Å². The van der Waals surface area contributed by atoms with Crippen LogP contribution < -0.4 is 0 Å². The molecule has 1 fully saturated rings. The first-order valence-electron chi connectivity index (χ1n) is 5.81. The van der Waals surface area contributed by atoms with Crippen molar-refractivity contribution in [3.63, 3.8) is 0 Å². The number of rotatable bonds is 1. The van der Waals surface area contributed by atoms with Gasteiger partial charge in [-0.1, -0.05) is 27.6 Å². The molecule has 0 bridgehead atoms. The van der Waals surface area contributed by atoms with Crippen LogP contribution in [0, 0.1) is 6.92 Å². The standard InChI is InChI=1S/C13H16BrNO2/c1-9-4-5-12(16)11(7-9)13(17)15-6-2-3-10(14)8-15/h4-5,7,10,16H,2-3,6,8H2,1H3. The minimum atomic E-state index is -0.0737. The predicted molar refractivity (Wildman–Crippen MR) is 70.7 cm³/mol. The normalized spacial score (nSPS) is 20.4. The van der Waals surface area contributed by atoms with Gasteiger partial charge in [0.05, 0.1) is 5.56 Å². The molecule has 4 heteroatoms. The fourth-order valence-electron chi connectivity index (χ4n) is 2.10. The predicted octanol–water partition coefficient (Wildman–Crippen LogP) is 2.70. The molecule has 0 spiro atoms. The van der Waals surface area contributed by atoms with E-state index in [4.69, 9.17) is 0 Å². The molecule has 1 amide bonds. The molecule has 3 nitrogen and oxygen atoms in total. The Kier molecular flexibility index (Phi) is 3.72. The maximum atomic E-state index is 12.3. The number of nitrogens with zero attached hydrogens (tertiary/aromatic N) is 1. The number of carbonyl (C=O) groups excluding carboxylic acids is 1. The third kappa shape index (κ3) is 2.80. The maximum Gasteiger partial charge on any atom is 0.257 e. The number of amides is 1. The summed E-state index contributed by atoms with van der Waals surface area (Å²) in [6.45, 7) is 3.40. The molecule has 1 aliphatic rings. The van der Waals surface area contributed by atoms with Crippen LogP contribution in [0.5, 0.6) is 5.75 Å². The number of hydrogen-bond acceptors (Lipinski definition) is 2. The number of hydrogen-bond donors (Lipinski definition) is 1. The molecular formula is C13H16BrNO2. The molecule has 1 saturated heterocycles. The Hall–Kier alpha value is -1.03. The molecule has 1 heterocycles. The average Bonchev–Trinajstić information content (AvgIpc) is 2.31. The SMILES string of the molecule is Cc1ccc(O)c(C(=O)N2CCCC(Br)C2)c1. The first kappa shape index (κ1) is 12.4. The lowest BCUT2D eigenvalue weighted by Gasteiger charge is -2.30. The summed E-state index contributed by atoms with van der Waals surface area (Å²) in [4.78, 5) is 14.4. The Labute approximate surface area is 110 Å². The lowest BCUT2D eigenvalue weighted by Crippen LogP contribution is -2.40. The number of phenolic OH excluding ortho intramolecular Hbond substituents is 1. The van der Waals surface area contributed by atoms with E-state index in [2.05, 4.69) is 15.9 Å². The Balaban J connectivity index is 2.21. The van der Waals surface area contributed by atoms with E-state index in [0.717, 1.165) is 24.9 Å². The summed E-state index contributed by atoms with van der Waals surface area (Å²) >= 11 is 3.55. The molecule has 92 valence electrons. The summed E-state index contributed by atoms with van der Waals surface area (Å²) in [5.41, 5.74) is 1.39. The highest BCUT2D eigenvalue weighted by Gasteiger charge is 2.24. The summed E-state index contributed by atoms with van der Waals surface area (Å²) in [5, 5.41) is 9.74. The van der Waals surface area contributed by atoms with E-state index >= 15 is 0 Å². The lowest BCUT2D eigenvalue weighted by atomic mass is 10.1. The molecule has 1 aliphatic heterocycles. The quantitative estimate of drug-likeness (QED) is 0.810. The Morgan fingerprint density at radius 3 is 3.00 bits per heavy atom. The summed E-state index contributed by atoms with van der Waals surface area (Å²) in [7, 11) is 0. The molecule has 1 unspecified atom stereocenters. The van der Waals surface area contributed by atoms with Crippen molar-refractivity contribution in [1.82, 2.24) is 4.90 Å². The summed E-state index contributed by atoms with van der Waals surface area (Å²) in [5.74, 6) is -0.00681. The van der Waals surface area contributed by atoms with Crippen LogP contribution >= 0.6 is 15.9 Å². The fourth-order valence-corrected chi connectivity index (χ4v) is 2.77. The Morgan fingerprint density at radius 2 is 2.29 bits per heavy atom. The zero-order valence-electron chi connectivity index (χ0n) is 9.82. The zero-order valence-corrected chi connectivity index (χ0v) is 11.4. The second kappa shape index (κ2) is 5.08. The number of phenols is 1. The van der Waals surface area contributed by atoms with Crippen molar-refractivity contribution in [3.05, 3.63) is 29.3 Å². The number of aromatic hydroxyl groups is 1. The summed E-state index contributed by atoms with van der Waals surface area (Å²) in [6, 6.07) is 5.13. The molecule has 2 rings (SSSR count). The highest BCUT2D eigenvalue weighted by atomic mass is 79.9. The van der Waals surface area contributed by atoms with E-state index in [1.165, 1.54) is 0 Å². The molecule has 1 aromatic rings. The van der Waals surface area contributed by atoms with Gasteiger partial charge < -0.3 is 10.0 Å². The van der Waals surface area contributed by atoms with Crippen LogP contribution in [0.1, 0.15) is 28.8 Å². The van der Waals surface area contributed by atoms with Crippen LogP contribution in [-0.4, -0.2) is 33.8 Å². The second-order valence-electron chi connectivity index (χ2n) is 4.51. The van der Waals surface area contributed by atoms with Crippen LogP contribution in [0.2, 0.25) is 0 Å². The van der Waals surface area contributed by atoms with E-state index in [-0.39, 0.29) is 11.7 Å². The van der Waals surface area contributed by atoms with Crippen LogP contribution in [0.15, 0.2) is 18.2 Å². The Morgan fingerprint density at radius 1 is 1.53 bits per heavy atom. The van der Waals surface area contributed by atoms with Crippen molar-refractivity contribution in [1.29, 1.82) is 0 Å². The number of piperidine rings is 1. The van der Waals surface area contributed by atoms with Gasteiger partial charge in [-0.2, -0.15) is 0 Å². The van der Waals surface area contributed by atoms with Gasteiger partial charge in [0.15, 0.2) is 0 Å². The van der Waals surface area contributed by atoms with Gasteiger partial charge in [0, 0.05) is 17.9 Å². The number of carbonyl (C=O) groups is 1. The maximum absolute atomic E-state index is 12.3. The topological polar surface area (TPSA) is 40.5 Å². The van der Waals surface area contributed by atoms with Gasteiger partial charge in [-0.25, -0.2) is 0 Å². The lowest BCUT2D eigenvalue weighted by molar-refractivity contribution is 0.0727. The third-order valence-corrected chi connectivity index (χ3v) is 3.78. The molecule has 1 N–H and O–H groups in total. The van der Waals surface area contributed by atoms with Crippen molar-refractivity contribution in [3.8, 4) is 5.75 Å². The van der Waals surface area contributed by atoms with Gasteiger partial charge in [-0.3, -0.25) is 4.79 Å².